The standard InChI is InChI=1S/C5H11BF3N2O/c7-6(8,9)4(10)2-1-3-5(11)12/h4H,1-3,10H2,(H2,11,12)/q-1. The van der Waals surface area contributed by atoms with Gasteiger partial charge in [-0.15, -0.1) is 0 Å². The highest BCUT2D eigenvalue weighted by atomic mass is 19.4. The Kier molecular flexibility index (Phi) is 4.09. The molecular weight excluding hydrogens is 172 g/mol. The van der Waals surface area contributed by atoms with Crippen LogP contribution in [-0.2, 0) is 4.79 Å². The second-order valence-corrected chi connectivity index (χ2v) is 2.65. The Balaban J connectivity index is 3.58. The van der Waals surface area contributed by atoms with Crippen molar-refractivity contribution in [3.05, 3.63) is 0 Å². The molecule has 1 unspecified atom stereocenters. The third-order valence-electron chi connectivity index (χ3n) is 1.45. The van der Waals surface area contributed by atoms with E-state index in [2.05, 4.69) is 0 Å². The minimum Gasteiger partial charge on any atom is -0.448 e. The van der Waals surface area contributed by atoms with E-state index < -0.39 is 18.8 Å². The van der Waals surface area contributed by atoms with Crippen LogP contribution in [0.15, 0.2) is 0 Å². The molecule has 1 amide bonds. The van der Waals surface area contributed by atoms with E-state index in [0.717, 1.165) is 0 Å². The largest absolute Gasteiger partial charge is 0.494 e. The lowest BCUT2D eigenvalue weighted by atomic mass is 9.77. The summed E-state index contributed by atoms with van der Waals surface area (Å²) in [6.07, 6.45) is -0.177. The number of primary amides is 1. The fraction of sp³-hybridized carbons (Fsp3) is 0.800. The molecule has 12 heavy (non-hydrogen) atoms. The summed E-state index contributed by atoms with van der Waals surface area (Å²) in [4.78, 5) is 10.1. The first kappa shape index (κ1) is 11.3. The maximum absolute atomic E-state index is 11.8. The Labute approximate surface area is 68.3 Å². The topological polar surface area (TPSA) is 69.1 Å². The zero-order chi connectivity index (χ0) is 9.78. The smallest absolute Gasteiger partial charge is 0.448 e. The first-order valence-electron chi connectivity index (χ1n) is 3.58. The summed E-state index contributed by atoms with van der Waals surface area (Å²) in [7, 11) is 0. The van der Waals surface area contributed by atoms with Crippen molar-refractivity contribution in [2.75, 3.05) is 0 Å². The highest BCUT2D eigenvalue weighted by molar-refractivity contribution is 6.60. The van der Waals surface area contributed by atoms with Crippen LogP contribution in [0.5, 0.6) is 0 Å². The van der Waals surface area contributed by atoms with Crippen LogP contribution >= 0.6 is 0 Å². The van der Waals surface area contributed by atoms with Gasteiger partial charge in [-0.3, -0.25) is 4.79 Å². The van der Waals surface area contributed by atoms with Crippen LogP contribution in [0.1, 0.15) is 19.3 Å². The van der Waals surface area contributed by atoms with Crippen LogP contribution in [0.4, 0.5) is 12.9 Å². The molecule has 0 aliphatic rings. The van der Waals surface area contributed by atoms with Crippen molar-refractivity contribution in [3.8, 4) is 0 Å². The Morgan fingerprint density at radius 1 is 1.42 bits per heavy atom. The molecule has 3 nitrogen and oxygen atoms in total. The predicted octanol–water partition coefficient (Wildman–Crippen LogP) is 0.356. The lowest BCUT2D eigenvalue weighted by Gasteiger charge is -2.21. The van der Waals surface area contributed by atoms with Gasteiger partial charge in [0.1, 0.15) is 0 Å². The molecule has 0 saturated carbocycles. The number of carbonyl (C=O) groups excluding carboxylic acids is 1. The normalized spacial score (nSPS) is 14.3. The van der Waals surface area contributed by atoms with E-state index in [1.165, 1.54) is 0 Å². The summed E-state index contributed by atoms with van der Waals surface area (Å²) in [6, 6.07) is 0. The predicted molar refractivity (Wildman–Crippen MR) is 40.1 cm³/mol. The number of hydrogen-bond acceptors (Lipinski definition) is 2. The van der Waals surface area contributed by atoms with E-state index in [-0.39, 0.29) is 19.3 Å². The van der Waals surface area contributed by atoms with Gasteiger partial charge in [0.15, 0.2) is 0 Å². The van der Waals surface area contributed by atoms with Gasteiger partial charge >= 0.3 is 6.98 Å². The molecule has 0 saturated heterocycles. The fourth-order valence-corrected chi connectivity index (χ4v) is 0.701. The minimum absolute atomic E-state index is 0.0418. The highest BCUT2D eigenvalue weighted by Gasteiger charge is 2.31. The molecule has 0 aliphatic carbocycles. The lowest BCUT2D eigenvalue weighted by Crippen LogP contribution is -2.42. The van der Waals surface area contributed by atoms with Gasteiger partial charge in [-0.1, -0.05) is 6.42 Å². The first-order chi connectivity index (χ1) is 5.34. The monoisotopic (exact) mass is 183 g/mol. The summed E-state index contributed by atoms with van der Waals surface area (Å²) in [5.74, 6) is -2.39. The van der Waals surface area contributed by atoms with Gasteiger partial charge < -0.3 is 24.4 Å². The summed E-state index contributed by atoms with van der Waals surface area (Å²) in [5, 5.41) is 0. The van der Waals surface area contributed by atoms with Gasteiger partial charge in [-0.05, 0) is 12.4 Å². The lowest BCUT2D eigenvalue weighted by molar-refractivity contribution is -0.118. The summed E-state index contributed by atoms with van der Waals surface area (Å²) >= 11 is 0. The van der Waals surface area contributed by atoms with Gasteiger partial charge in [0.25, 0.3) is 0 Å². The van der Waals surface area contributed by atoms with Crippen LogP contribution in [-0.4, -0.2) is 18.8 Å². The molecule has 0 aromatic heterocycles. The molecule has 0 aromatic carbocycles. The van der Waals surface area contributed by atoms with E-state index >= 15 is 0 Å². The van der Waals surface area contributed by atoms with E-state index in [1.54, 1.807) is 0 Å². The quantitative estimate of drug-likeness (QED) is 0.604. The molecule has 7 heteroatoms. The van der Waals surface area contributed by atoms with Crippen molar-refractivity contribution in [2.45, 2.75) is 25.2 Å². The average Bonchev–Trinajstić information content (AvgIpc) is 1.84. The Morgan fingerprint density at radius 2 is 1.92 bits per heavy atom. The van der Waals surface area contributed by atoms with Crippen molar-refractivity contribution < 1.29 is 17.7 Å². The van der Waals surface area contributed by atoms with Gasteiger partial charge in [0.05, 0.1) is 0 Å². The number of carbonyl (C=O) groups is 1. The second kappa shape index (κ2) is 4.35. The van der Waals surface area contributed by atoms with Crippen LogP contribution in [0, 0.1) is 0 Å². The molecule has 0 rings (SSSR count). The molecule has 0 fully saturated rings. The Bertz CT molecular complexity index is 161. The first-order valence-corrected chi connectivity index (χ1v) is 3.58. The molecule has 0 radical (unpaired) electrons. The van der Waals surface area contributed by atoms with E-state index in [1.807, 2.05) is 0 Å². The summed E-state index contributed by atoms with van der Waals surface area (Å²) < 4.78 is 35.4. The number of nitrogens with two attached hydrogens (primary N) is 2. The molecule has 1 atom stereocenters. The summed E-state index contributed by atoms with van der Waals surface area (Å²) in [5.41, 5.74) is 9.52. The molecule has 0 bridgehead atoms. The zero-order valence-corrected chi connectivity index (χ0v) is 6.47. The van der Waals surface area contributed by atoms with Crippen molar-refractivity contribution >= 4 is 12.9 Å². The maximum atomic E-state index is 11.8. The molecule has 72 valence electrons. The van der Waals surface area contributed by atoms with E-state index in [4.69, 9.17) is 11.5 Å². The Morgan fingerprint density at radius 3 is 2.25 bits per heavy atom. The third kappa shape index (κ3) is 5.00. The number of hydrogen-bond donors (Lipinski definition) is 2. The minimum atomic E-state index is -4.98. The summed E-state index contributed by atoms with van der Waals surface area (Å²) in [6.45, 7) is -4.98. The second-order valence-electron chi connectivity index (χ2n) is 2.65. The van der Waals surface area contributed by atoms with Crippen LogP contribution < -0.4 is 11.5 Å². The zero-order valence-electron chi connectivity index (χ0n) is 6.47. The molecule has 0 heterocycles. The van der Waals surface area contributed by atoms with Crippen molar-refractivity contribution in [2.24, 2.45) is 11.5 Å². The highest BCUT2D eigenvalue weighted by Crippen LogP contribution is 2.16. The van der Waals surface area contributed by atoms with Crippen LogP contribution in [0.25, 0.3) is 0 Å². The molecular formula is C5H11BF3N2O-. The van der Waals surface area contributed by atoms with Crippen LogP contribution in [0.2, 0.25) is 0 Å². The SMILES string of the molecule is NC(=O)CCCC(N)[B-](F)(F)F. The molecule has 0 spiro atoms. The van der Waals surface area contributed by atoms with E-state index in [0.29, 0.717) is 0 Å². The van der Waals surface area contributed by atoms with Crippen LogP contribution in [0.3, 0.4) is 0 Å². The molecule has 0 aromatic rings. The number of halogens is 3. The number of amides is 1. The van der Waals surface area contributed by atoms with Crippen molar-refractivity contribution in [1.29, 1.82) is 0 Å². The van der Waals surface area contributed by atoms with Crippen molar-refractivity contribution in [1.82, 2.24) is 0 Å². The van der Waals surface area contributed by atoms with Gasteiger partial charge in [0, 0.05) is 6.42 Å². The van der Waals surface area contributed by atoms with Gasteiger partial charge in [-0.2, -0.15) is 0 Å². The maximum Gasteiger partial charge on any atom is 0.494 e. The van der Waals surface area contributed by atoms with Crippen molar-refractivity contribution in [3.63, 3.8) is 0 Å². The number of rotatable bonds is 5. The Hall–Kier alpha value is -0.715. The fourth-order valence-electron chi connectivity index (χ4n) is 0.701. The van der Waals surface area contributed by atoms with Gasteiger partial charge in [0.2, 0.25) is 5.91 Å². The molecule has 4 N–H and O–H groups in total. The molecule has 0 aliphatic heterocycles. The third-order valence-corrected chi connectivity index (χ3v) is 1.45. The van der Waals surface area contributed by atoms with E-state index in [9.17, 15) is 17.7 Å². The average molecular weight is 183 g/mol. The van der Waals surface area contributed by atoms with Gasteiger partial charge in [-0.25, -0.2) is 0 Å².